The van der Waals surface area contributed by atoms with Gasteiger partial charge in [-0.15, -0.1) is 0 Å². The SMILES string of the molecule is C.C.C.C.C.C.CC(=O)C(C)C(C)=O.CC(C)=O.CC(C)=O.CCC(C)C.CCC(C)CC.CCC(C)CN(C)C.CCC(C)CN(C)C.CCC(C)COC.CCC(O)C[N+](C)(C)C.COCC(C)C.COCC(C)C. The van der Waals surface area contributed by atoms with Gasteiger partial charge in [-0.25, -0.2) is 0 Å². The zero-order valence-electron chi connectivity index (χ0n) is 55.0. The normalized spacial score (nSPS) is 10.8. The number of quaternary nitrogens is 1. The van der Waals surface area contributed by atoms with Crippen molar-refractivity contribution >= 4 is 23.1 Å². The summed E-state index contributed by atoms with van der Waals surface area (Å²) in [5.74, 6) is 5.41. The summed E-state index contributed by atoms with van der Waals surface area (Å²) in [5, 5.41) is 9.18. The fraction of sp³-hybridized carbons (Fsp3) is 0.939. The zero-order chi connectivity index (χ0) is 59.5. The summed E-state index contributed by atoms with van der Waals surface area (Å²) < 4.78 is 15.3. The van der Waals surface area contributed by atoms with Gasteiger partial charge in [0.2, 0.25) is 0 Å². The van der Waals surface area contributed by atoms with Crippen molar-refractivity contribution in [1.82, 2.24) is 9.80 Å². The van der Waals surface area contributed by atoms with E-state index in [1.165, 1.54) is 93.2 Å². The van der Waals surface area contributed by atoms with Crippen LogP contribution >= 0.6 is 0 Å². The highest BCUT2D eigenvalue weighted by Crippen LogP contribution is 2.03. The van der Waals surface area contributed by atoms with Crippen molar-refractivity contribution < 1.29 is 43.0 Å². The largest absolute Gasteiger partial charge is 0.387 e. The number of ketones is 4. The highest BCUT2D eigenvalue weighted by Gasteiger charge is 2.12. The first kappa shape index (κ1) is 122. The number of hydrogen-bond donors (Lipinski definition) is 1. The van der Waals surface area contributed by atoms with Crippen molar-refractivity contribution in [1.29, 1.82) is 0 Å². The number of carbonyl (C=O) groups excluding carboxylic acids is 4. The molecule has 0 amide bonds. The molecule has 0 rings (SSSR count). The Balaban J connectivity index is -0.0000000343. The minimum atomic E-state index is -0.407. The van der Waals surface area contributed by atoms with Gasteiger partial charge < -0.3 is 43.2 Å². The lowest BCUT2D eigenvalue weighted by Gasteiger charge is -2.26. The molecule has 11 nitrogen and oxygen atoms in total. The predicted molar refractivity (Wildman–Crippen MR) is 358 cm³/mol. The van der Waals surface area contributed by atoms with E-state index in [2.05, 4.69) is 170 Å². The Morgan fingerprint density at radius 1 is 0.403 bits per heavy atom. The van der Waals surface area contributed by atoms with Gasteiger partial charge in [-0.1, -0.05) is 201 Å². The Kier molecular flexibility index (Phi) is 149. The Morgan fingerprint density at radius 3 is 0.662 bits per heavy atom. The number of Topliss-reactive ketones (excluding diaryl/α,β-unsaturated/α-hetero) is 4. The van der Waals surface area contributed by atoms with E-state index in [-0.39, 0.29) is 73.8 Å². The van der Waals surface area contributed by atoms with Gasteiger partial charge in [0.25, 0.3) is 0 Å². The lowest BCUT2D eigenvalue weighted by atomic mass is 10.0. The van der Waals surface area contributed by atoms with E-state index in [0.29, 0.717) is 11.8 Å². The van der Waals surface area contributed by atoms with E-state index in [1.807, 2.05) is 6.92 Å². The second-order valence-corrected chi connectivity index (χ2v) is 22.2. The van der Waals surface area contributed by atoms with Crippen LogP contribution in [-0.4, -0.2) is 159 Å². The molecule has 0 saturated carbocycles. The molecule has 0 fully saturated rings. The number of hydrogen-bond acceptors (Lipinski definition) is 10. The molecule has 0 aromatic heterocycles. The predicted octanol–water partition coefficient (Wildman–Crippen LogP) is 18.2. The van der Waals surface area contributed by atoms with Gasteiger partial charge in [-0.05, 0) is 125 Å². The number of methoxy groups -OCH3 is 3. The molecule has 0 bridgehead atoms. The average molecular weight is 1130 g/mol. The minimum absolute atomic E-state index is 0. The van der Waals surface area contributed by atoms with Crippen molar-refractivity contribution in [2.24, 2.45) is 47.3 Å². The summed E-state index contributed by atoms with van der Waals surface area (Å²) in [6.45, 7) is 53.8. The molecule has 77 heavy (non-hydrogen) atoms. The number of rotatable bonds is 21. The molecule has 1 N–H and O–H groups in total. The molecule has 0 aromatic carbocycles. The van der Waals surface area contributed by atoms with E-state index in [4.69, 9.17) is 14.2 Å². The first-order valence-corrected chi connectivity index (χ1v) is 27.4. The van der Waals surface area contributed by atoms with Crippen LogP contribution in [0.1, 0.15) is 256 Å². The number of carbonyl (C=O) groups is 4. The van der Waals surface area contributed by atoms with Crippen LogP contribution in [0.4, 0.5) is 0 Å². The molecule has 0 spiro atoms. The molecular formula is C66H162N3O8+. The molecular weight excluding hydrogens is 963 g/mol. The topological polar surface area (TPSA) is 123 Å². The Hall–Kier alpha value is -1.60. The third kappa shape index (κ3) is 217. The highest BCUT2D eigenvalue weighted by atomic mass is 16.5. The maximum Gasteiger partial charge on any atom is 0.139 e. The van der Waals surface area contributed by atoms with Crippen LogP contribution in [0.25, 0.3) is 0 Å². The highest BCUT2D eigenvalue weighted by molar-refractivity contribution is 5.99. The van der Waals surface area contributed by atoms with E-state index < -0.39 is 5.92 Å². The molecule has 0 heterocycles. The van der Waals surface area contributed by atoms with Crippen LogP contribution in [0.3, 0.4) is 0 Å². The van der Waals surface area contributed by atoms with E-state index in [1.54, 1.807) is 28.3 Å². The van der Waals surface area contributed by atoms with Gasteiger partial charge in [-0.3, -0.25) is 9.59 Å². The smallest absolute Gasteiger partial charge is 0.139 e. The van der Waals surface area contributed by atoms with Crippen LogP contribution in [0, 0.1) is 47.3 Å². The molecule has 0 aliphatic heterocycles. The maximum atomic E-state index is 10.4. The van der Waals surface area contributed by atoms with E-state index >= 15 is 0 Å². The molecule has 0 radical (unpaired) electrons. The monoisotopic (exact) mass is 1130 g/mol. The molecule has 0 saturated heterocycles. The van der Waals surface area contributed by atoms with Gasteiger partial charge in [0.1, 0.15) is 35.8 Å². The lowest BCUT2D eigenvalue weighted by molar-refractivity contribution is -0.873. The number of aliphatic hydroxyl groups excluding tert-OH is 1. The van der Waals surface area contributed by atoms with Gasteiger partial charge in [0.05, 0.1) is 27.1 Å². The summed E-state index contributed by atoms with van der Waals surface area (Å²) in [6.07, 6.45) is 8.48. The molecule has 0 aromatic rings. The van der Waals surface area contributed by atoms with Gasteiger partial charge >= 0.3 is 0 Å². The van der Waals surface area contributed by atoms with Crippen molar-refractivity contribution in [2.45, 2.75) is 262 Å². The number of aliphatic hydroxyl groups is 1. The number of nitrogens with zero attached hydrogens (tertiary/aromatic N) is 3. The molecule has 4 atom stereocenters. The average Bonchev–Trinajstić information content (AvgIpc) is 3.23. The van der Waals surface area contributed by atoms with Gasteiger partial charge in [0.15, 0.2) is 0 Å². The number of ether oxygens (including phenoxy) is 3. The summed E-state index contributed by atoms with van der Waals surface area (Å²) in [5.41, 5.74) is 0. The Morgan fingerprint density at radius 2 is 0.623 bits per heavy atom. The van der Waals surface area contributed by atoms with E-state index in [0.717, 1.165) is 66.9 Å². The van der Waals surface area contributed by atoms with Crippen LogP contribution in [0.2, 0.25) is 0 Å². The first-order chi connectivity index (χ1) is 32.2. The third-order valence-corrected chi connectivity index (χ3v) is 9.56. The first-order valence-electron chi connectivity index (χ1n) is 27.4. The van der Waals surface area contributed by atoms with Crippen molar-refractivity contribution in [2.75, 3.05) is 110 Å². The fourth-order valence-electron chi connectivity index (χ4n) is 3.91. The van der Waals surface area contributed by atoms with Crippen LogP contribution < -0.4 is 0 Å². The quantitative estimate of drug-likeness (QED) is 0.0878. The van der Waals surface area contributed by atoms with Crippen molar-refractivity contribution in [3.8, 4) is 0 Å². The van der Waals surface area contributed by atoms with Gasteiger partial charge in [0, 0.05) is 54.2 Å². The standard InChI is InChI=1S/C7H18NO.2C7H17N.C6H10O2.C6H14O.C6H14.2C5H12O.C5H12.2C3H6O.6CH4/c1-5-7(9)6-8(2,3)4;2*1-5-7(2)6-8(3)4;1-4(5(2)7)6(3)8;1-4-6(2)5-7-3;1-4-6(3)5-2;2*1-5(2)4-6-3;1-4-5(2)3;2*1-3(2)4;;;;;;/h7,9H,5-6H2,1-4H3;2*7H,5-6H2,1-4H3;4H,1-3H3;6H,4-5H2,1-3H3;6H,4-5H2,1-3H3;2*5H,4H2,1-3H3;5H,4H2,1-3H3;2*1-2H3;6*1H4/q+1;;;;;;;;;;;;;;;;. The molecule has 11 heteroatoms. The maximum absolute atomic E-state index is 10.4. The summed E-state index contributed by atoms with van der Waals surface area (Å²) in [4.78, 5) is 44.1. The summed E-state index contributed by atoms with van der Waals surface area (Å²) in [7, 11) is 19.9. The fourth-order valence-corrected chi connectivity index (χ4v) is 3.91. The van der Waals surface area contributed by atoms with E-state index in [9.17, 15) is 24.3 Å². The molecule has 488 valence electrons. The van der Waals surface area contributed by atoms with Crippen LogP contribution in [0.15, 0.2) is 0 Å². The molecule has 0 aliphatic rings. The summed E-state index contributed by atoms with van der Waals surface area (Å²) >= 11 is 0. The van der Waals surface area contributed by atoms with Crippen LogP contribution in [0.5, 0.6) is 0 Å². The van der Waals surface area contributed by atoms with Crippen molar-refractivity contribution in [3.63, 3.8) is 0 Å². The summed E-state index contributed by atoms with van der Waals surface area (Å²) in [6, 6.07) is 0. The number of likely N-dealkylation sites (N-methyl/N-ethyl adjacent to an activating group) is 1. The zero-order valence-corrected chi connectivity index (χ0v) is 55.0. The Bertz CT molecular complexity index is 951. The Labute approximate surface area is 493 Å². The van der Waals surface area contributed by atoms with Crippen LogP contribution in [-0.2, 0) is 33.4 Å². The second kappa shape index (κ2) is 93.7. The molecule has 4 unspecified atom stereocenters. The second-order valence-electron chi connectivity index (χ2n) is 22.2. The van der Waals surface area contributed by atoms with Crippen molar-refractivity contribution in [3.05, 3.63) is 0 Å². The van der Waals surface area contributed by atoms with Gasteiger partial charge in [-0.2, -0.15) is 0 Å². The molecule has 0 aliphatic carbocycles. The third-order valence-electron chi connectivity index (χ3n) is 9.56. The lowest BCUT2D eigenvalue weighted by Crippen LogP contribution is -2.41. The minimum Gasteiger partial charge on any atom is -0.387 e.